The van der Waals surface area contributed by atoms with E-state index in [9.17, 15) is 0 Å². The fourth-order valence-corrected chi connectivity index (χ4v) is 2.91. The Morgan fingerprint density at radius 2 is 1.95 bits per heavy atom. The first-order valence-electron chi connectivity index (χ1n) is 7.77. The number of hydrogen-bond acceptors (Lipinski definition) is 2. The molecule has 0 atom stereocenters. The molecule has 1 aromatic carbocycles. The topological polar surface area (TPSA) is 21.3 Å². The lowest BCUT2D eigenvalue weighted by Gasteiger charge is -2.15. The maximum absolute atomic E-state index is 6.09. The Morgan fingerprint density at radius 3 is 2.68 bits per heavy atom. The minimum absolute atomic E-state index is 0.753. The molecule has 0 bridgehead atoms. The normalized spacial score (nSPS) is 19.8. The van der Waals surface area contributed by atoms with Gasteiger partial charge in [0.25, 0.3) is 0 Å². The van der Waals surface area contributed by atoms with Crippen LogP contribution >= 0.6 is 0 Å². The Labute approximate surface area is 116 Å². The predicted molar refractivity (Wildman–Crippen MR) is 78.5 cm³/mol. The van der Waals surface area contributed by atoms with E-state index in [1.165, 1.54) is 49.7 Å². The molecule has 0 amide bonds. The van der Waals surface area contributed by atoms with Gasteiger partial charge >= 0.3 is 0 Å². The van der Waals surface area contributed by atoms with Gasteiger partial charge in [-0.05, 0) is 44.6 Å². The summed E-state index contributed by atoms with van der Waals surface area (Å²) in [7, 11) is 0. The molecule has 19 heavy (non-hydrogen) atoms. The number of hydrogen-bond donors (Lipinski definition) is 1. The summed E-state index contributed by atoms with van der Waals surface area (Å²) < 4.78 is 6.09. The fraction of sp³-hybridized carbons (Fsp3) is 0.647. The first-order chi connectivity index (χ1) is 9.31. The van der Waals surface area contributed by atoms with Crippen LogP contribution in [-0.4, -0.2) is 12.6 Å². The number of benzene rings is 1. The van der Waals surface area contributed by atoms with Gasteiger partial charge in [-0.15, -0.1) is 0 Å². The summed E-state index contributed by atoms with van der Waals surface area (Å²) in [6, 6.07) is 7.32. The quantitative estimate of drug-likeness (QED) is 0.838. The Kier molecular flexibility index (Phi) is 4.07. The minimum Gasteiger partial charge on any atom is -0.493 e. The molecule has 0 aromatic heterocycles. The third kappa shape index (κ3) is 3.73. The van der Waals surface area contributed by atoms with Crippen molar-refractivity contribution in [1.82, 2.24) is 5.32 Å². The van der Waals surface area contributed by atoms with Crippen LogP contribution in [0.2, 0.25) is 0 Å². The van der Waals surface area contributed by atoms with E-state index in [-0.39, 0.29) is 0 Å². The van der Waals surface area contributed by atoms with Crippen molar-refractivity contribution in [3.63, 3.8) is 0 Å². The number of rotatable bonds is 6. The maximum Gasteiger partial charge on any atom is 0.123 e. The van der Waals surface area contributed by atoms with Gasteiger partial charge in [-0.3, -0.25) is 0 Å². The first-order valence-corrected chi connectivity index (χ1v) is 7.77. The largest absolute Gasteiger partial charge is 0.493 e. The molecule has 2 aliphatic rings. The van der Waals surface area contributed by atoms with E-state index in [4.69, 9.17) is 4.74 Å². The van der Waals surface area contributed by atoms with E-state index in [0.29, 0.717) is 0 Å². The zero-order chi connectivity index (χ0) is 13.1. The van der Waals surface area contributed by atoms with Crippen molar-refractivity contribution in [3.8, 4) is 5.75 Å². The van der Waals surface area contributed by atoms with Crippen LogP contribution in [0.25, 0.3) is 0 Å². The van der Waals surface area contributed by atoms with Crippen LogP contribution in [0.3, 0.4) is 0 Å². The van der Waals surface area contributed by atoms with Gasteiger partial charge in [0.05, 0.1) is 6.61 Å². The van der Waals surface area contributed by atoms with Gasteiger partial charge in [0.15, 0.2) is 0 Å². The van der Waals surface area contributed by atoms with Crippen LogP contribution in [0.4, 0.5) is 0 Å². The van der Waals surface area contributed by atoms with Crippen molar-refractivity contribution in [1.29, 1.82) is 0 Å². The zero-order valence-electron chi connectivity index (χ0n) is 12.0. The van der Waals surface area contributed by atoms with Crippen molar-refractivity contribution in [3.05, 3.63) is 29.3 Å². The molecule has 2 fully saturated rings. The molecule has 1 aromatic rings. The second-order valence-corrected chi connectivity index (χ2v) is 6.23. The van der Waals surface area contributed by atoms with Crippen LogP contribution in [0, 0.1) is 12.8 Å². The van der Waals surface area contributed by atoms with E-state index in [0.717, 1.165) is 30.9 Å². The summed E-state index contributed by atoms with van der Waals surface area (Å²) in [4.78, 5) is 0. The van der Waals surface area contributed by atoms with Gasteiger partial charge in [-0.1, -0.05) is 30.5 Å². The molecule has 0 heterocycles. The van der Waals surface area contributed by atoms with Crippen LogP contribution in [0.15, 0.2) is 18.2 Å². The molecule has 3 rings (SSSR count). The lowest BCUT2D eigenvalue weighted by atomic mass is 10.1. The molecule has 0 unspecified atom stereocenters. The van der Waals surface area contributed by atoms with E-state index in [1.54, 1.807) is 0 Å². The molecule has 104 valence electrons. The summed E-state index contributed by atoms with van der Waals surface area (Å²) in [5, 5.41) is 3.59. The number of nitrogens with one attached hydrogen (secondary N) is 1. The highest BCUT2D eigenvalue weighted by atomic mass is 16.5. The molecule has 0 radical (unpaired) electrons. The average molecular weight is 259 g/mol. The highest BCUT2D eigenvalue weighted by Crippen LogP contribution is 2.28. The van der Waals surface area contributed by atoms with Gasteiger partial charge in [-0.2, -0.15) is 0 Å². The molecule has 0 spiro atoms. The summed E-state index contributed by atoms with van der Waals surface area (Å²) >= 11 is 0. The summed E-state index contributed by atoms with van der Waals surface area (Å²) in [5.74, 6) is 1.87. The average Bonchev–Trinajstić information content (AvgIpc) is 3.10. The summed E-state index contributed by atoms with van der Waals surface area (Å²) in [6.45, 7) is 4.01. The molecule has 1 N–H and O–H groups in total. The smallest absolute Gasteiger partial charge is 0.123 e. The van der Waals surface area contributed by atoms with Crippen LogP contribution < -0.4 is 10.1 Å². The predicted octanol–water partition coefficient (Wildman–Crippen LogP) is 3.82. The summed E-state index contributed by atoms with van der Waals surface area (Å²) in [5.41, 5.74) is 2.64. The van der Waals surface area contributed by atoms with Gasteiger partial charge in [0.1, 0.15) is 5.75 Å². The van der Waals surface area contributed by atoms with E-state index in [1.807, 2.05) is 0 Å². The Hall–Kier alpha value is -1.02. The van der Waals surface area contributed by atoms with Gasteiger partial charge in [0.2, 0.25) is 0 Å². The lowest BCUT2D eigenvalue weighted by Crippen LogP contribution is -2.17. The SMILES string of the molecule is Cc1ccc(OCC2CCCC2)c(CNC2CC2)c1. The third-order valence-corrected chi connectivity index (χ3v) is 4.32. The standard InChI is InChI=1S/C17H25NO/c1-13-6-9-17(19-12-14-4-2-3-5-14)15(10-13)11-18-16-7-8-16/h6,9-10,14,16,18H,2-5,7-8,11-12H2,1H3. The van der Waals surface area contributed by atoms with Crippen LogP contribution in [-0.2, 0) is 6.54 Å². The lowest BCUT2D eigenvalue weighted by molar-refractivity contribution is 0.249. The van der Waals surface area contributed by atoms with Crippen molar-refractivity contribution in [2.45, 2.75) is 58.0 Å². The van der Waals surface area contributed by atoms with Crippen LogP contribution in [0.5, 0.6) is 5.75 Å². The monoisotopic (exact) mass is 259 g/mol. The van der Waals surface area contributed by atoms with E-state index < -0.39 is 0 Å². The van der Waals surface area contributed by atoms with Gasteiger partial charge in [0, 0.05) is 18.2 Å². The molecular formula is C17H25NO. The van der Waals surface area contributed by atoms with E-state index >= 15 is 0 Å². The minimum atomic E-state index is 0.753. The Balaban J connectivity index is 1.60. The highest BCUT2D eigenvalue weighted by molar-refractivity contribution is 5.37. The van der Waals surface area contributed by atoms with Crippen molar-refractivity contribution < 1.29 is 4.74 Å². The van der Waals surface area contributed by atoms with Crippen molar-refractivity contribution >= 4 is 0 Å². The molecule has 0 aliphatic heterocycles. The third-order valence-electron chi connectivity index (χ3n) is 4.32. The van der Waals surface area contributed by atoms with Crippen LogP contribution in [0.1, 0.15) is 49.7 Å². The van der Waals surface area contributed by atoms with Gasteiger partial charge in [-0.25, -0.2) is 0 Å². The second kappa shape index (κ2) is 5.96. The second-order valence-electron chi connectivity index (χ2n) is 6.23. The fourth-order valence-electron chi connectivity index (χ4n) is 2.91. The molecule has 0 saturated heterocycles. The van der Waals surface area contributed by atoms with E-state index in [2.05, 4.69) is 30.4 Å². The molecule has 2 saturated carbocycles. The molecule has 2 nitrogen and oxygen atoms in total. The highest BCUT2D eigenvalue weighted by Gasteiger charge is 2.21. The summed E-state index contributed by atoms with van der Waals surface area (Å²) in [6.07, 6.45) is 8.15. The Morgan fingerprint density at radius 1 is 1.16 bits per heavy atom. The molecule has 2 heteroatoms. The maximum atomic E-state index is 6.09. The van der Waals surface area contributed by atoms with Crippen molar-refractivity contribution in [2.75, 3.05) is 6.61 Å². The Bertz CT molecular complexity index is 419. The molecule has 2 aliphatic carbocycles. The van der Waals surface area contributed by atoms with Crippen molar-refractivity contribution in [2.24, 2.45) is 5.92 Å². The van der Waals surface area contributed by atoms with Gasteiger partial charge < -0.3 is 10.1 Å². The first kappa shape index (κ1) is 13.0. The molecular weight excluding hydrogens is 234 g/mol. The zero-order valence-corrected chi connectivity index (χ0v) is 12.0. The number of ether oxygens (including phenoxy) is 1. The number of aryl methyl sites for hydroxylation is 1.